The van der Waals surface area contributed by atoms with Crippen LogP contribution in [0.15, 0.2) is 4.52 Å². The van der Waals surface area contributed by atoms with Gasteiger partial charge in [0.25, 0.3) is 0 Å². The van der Waals surface area contributed by atoms with Crippen LogP contribution in [0.5, 0.6) is 0 Å². The number of hydrogen-bond acceptors (Lipinski definition) is 5. The molecule has 0 aliphatic heterocycles. The fourth-order valence-electron chi connectivity index (χ4n) is 3.06. The molecule has 0 aromatic carbocycles. The van der Waals surface area contributed by atoms with Crippen LogP contribution in [0.2, 0.25) is 0 Å². The van der Waals surface area contributed by atoms with Crippen molar-refractivity contribution in [1.82, 2.24) is 15.5 Å². The predicted octanol–water partition coefficient (Wildman–Crippen LogP) is 2.75. The van der Waals surface area contributed by atoms with E-state index in [0.29, 0.717) is 18.6 Å². The van der Waals surface area contributed by atoms with Crippen molar-refractivity contribution in [3.8, 4) is 0 Å². The summed E-state index contributed by atoms with van der Waals surface area (Å²) in [6.07, 6.45) is 8.02. The van der Waals surface area contributed by atoms with Crippen molar-refractivity contribution < 1.29 is 9.26 Å². The van der Waals surface area contributed by atoms with Gasteiger partial charge >= 0.3 is 0 Å². The summed E-state index contributed by atoms with van der Waals surface area (Å²) >= 11 is 0. The van der Waals surface area contributed by atoms with Gasteiger partial charge < -0.3 is 14.6 Å². The quantitative estimate of drug-likeness (QED) is 0.710. The molecule has 2 atom stereocenters. The van der Waals surface area contributed by atoms with Crippen LogP contribution < -0.4 is 5.32 Å². The first-order valence-electron chi connectivity index (χ1n) is 8.46. The second kappa shape index (κ2) is 9.15. The molecule has 0 radical (unpaired) electrons. The Kier molecular flexibility index (Phi) is 7.16. The fourth-order valence-corrected chi connectivity index (χ4v) is 3.06. The van der Waals surface area contributed by atoms with E-state index in [9.17, 15) is 0 Å². The minimum atomic E-state index is 0.609. The normalized spacial score (nSPS) is 22.6. The lowest BCUT2D eigenvalue weighted by molar-refractivity contribution is 0.149. The van der Waals surface area contributed by atoms with Crippen LogP contribution in [0, 0.1) is 5.92 Å². The topological polar surface area (TPSA) is 60.2 Å². The van der Waals surface area contributed by atoms with Gasteiger partial charge in [0, 0.05) is 25.5 Å². The number of rotatable bonds is 9. The maximum Gasteiger partial charge on any atom is 0.226 e. The lowest BCUT2D eigenvalue weighted by atomic mass is 9.82. The minimum absolute atomic E-state index is 0.609. The molecule has 1 saturated carbocycles. The van der Waals surface area contributed by atoms with Gasteiger partial charge in [-0.25, -0.2) is 0 Å². The third-order valence-corrected chi connectivity index (χ3v) is 4.19. The van der Waals surface area contributed by atoms with Crippen LogP contribution in [0.25, 0.3) is 0 Å². The van der Waals surface area contributed by atoms with E-state index in [0.717, 1.165) is 37.7 Å². The molecule has 120 valence electrons. The Morgan fingerprint density at radius 3 is 2.95 bits per heavy atom. The molecule has 5 heteroatoms. The molecular formula is C16H29N3O2. The number of aromatic nitrogens is 2. The molecule has 2 rings (SSSR count). The average Bonchev–Trinajstić information content (AvgIpc) is 2.94. The molecule has 1 aliphatic rings. The molecule has 0 amide bonds. The van der Waals surface area contributed by atoms with Crippen molar-refractivity contribution in [2.24, 2.45) is 5.92 Å². The average molecular weight is 295 g/mol. The predicted molar refractivity (Wildman–Crippen MR) is 82.2 cm³/mol. The zero-order chi connectivity index (χ0) is 14.9. The zero-order valence-electron chi connectivity index (χ0n) is 13.4. The summed E-state index contributed by atoms with van der Waals surface area (Å²) in [5, 5.41) is 7.73. The molecule has 1 fully saturated rings. The number of ether oxygens (including phenoxy) is 1. The minimum Gasteiger partial charge on any atom is -0.381 e. The monoisotopic (exact) mass is 295 g/mol. The van der Waals surface area contributed by atoms with Gasteiger partial charge in [0.1, 0.15) is 0 Å². The Hall–Kier alpha value is -0.940. The summed E-state index contributed by atoms with van der Waals surface area (Å²) in [5.41, 5.74) is 0. The van der Waals surface area contributed by atoms with Crippen molar-refractivity contribution >= 4 is 0 Å². The number of nitrogens with one attached hydrogen (secondary N) is 1. The first-order valence-corrected chi connectivity index (χ1v) is 8.46. The Bertz CT molecular complexity index is 395. The van der Waals surface area contributed by atoms with E-state index in [2.05, 4.69) is 22.4 Å². The smallest absolute Gasteiger partial charge is 0.226 e. The van der Waals surface area contributed by atoms with E-state index < -0.39 is 0 Å². The Morgan fingerprint density at radius 2 is 2.14 bits per heavy atom. The molecule has 1 N–H and O–H groups in total. The SMILES string of the molecule is CCCNC1CCCCC1Cc1nc(CCOCC)no1. The van der Waals surface area contributed by atoms with Crippen molar-refractivity contribution in [2.45, 2.75) is 64.8 Å². The molecule has 2 unspecified atom stereocenters. The fraction of sp³-hybridized carbons (Fsp3) is 0.875. The summed E-state index contributed by atoms with van der Waals surface area (Å²) in [6, 6.07) is 0.609. The maximum atomic E-state index is 5.41. The van der Waals surface area contributed by atoms with Crippen LogP contribution in [0.3, 0.4) is 0 Å². The molecular weight excluding hydrogens is 266 g/mol. The Morgan fingerprint density at radius 1 is 1.29 bits per heavy atom. The van der Waals surface area contributed by atoms with Gasteiger partial charge in [0.15, 0.2) is 5.82 Å². The van der Waals surface area contributed by atoms with Crippen LogP contribution in [-0.2, 0) is 17.6 Å². The van der Waals surface area contributed by atoms with Gasteiger partial charge in [0.2, 0.25) is 5.89 Å². The summed E-state index contributed by atoms with van der Waals surface area (Å²) in [6.45, 7) is 6.71. The van der Waals surface area contributed by atoms with Crippen LogP contribution >= 0.6 is 0 Å². The Balaban J connectivity index is 1.83. The molecule has 1 aromatic heterocycles. The highest BCUT2D eigenvalue weighted by atomic mass is 16.5. The molecule has 1 heterocycles. The van der Waals surface area contributed by atoms with Crippen molar-refractivity contribution in [3.05, 3.63) is 11.7 Å². The van der Waals surface area contributed by atoms with Gasteiger partial charge in [-0.3, -0.25) is 0 Å². The lowest BCUT2D eigenvalue weighted by Crippen LogP contribution is -2.39. The van der Waals surface area contributed by atoms with Gasteiger partial charge in [-0.1, -0.05) is 24.9 Å². The summed E-state index contributed by atoms with van der Waals surface area (Å²) in [5.74, 6) is 2.19. The van der Waals surface area contributed by atoms with Crippen molar-refractivity contribution in [2.75, 3.05) is 19.8 Å². The van der Waals surface area contributed by atoms with E-state index >= 15 is 0 Å². The molecule has 1 aromatic rings. The van der Waals surface area contributed by atoms with Gasteiger partial charge in [-0.15, -0.1) is 0 Å². The summed E-state index contributed by atoms with van der Waals surface area (Å²) < 4.78 is 10.7. The molecule has 0 saturated heterocycles. The van der Waals surface area contributed by atoms with Crippen LogP contribution in [0.1, 0.15) is 57.7 Å². The highest BCUT2D eigenvalue weighted by Crippen LogP contribution is 2.27. The summed E-state index contributed by atoms with van der Waals surface area (Å²) in [4.78, 5) is 4.51. The second-order valence-corrected chi connectivity index (χ2v) is 5.86. The van der Waals surface area contributed by atoms with Crippen molar-refractivity contribution in [1.29, 1.82) is 0 Å². The standard InChI is InChI=1S/C16H29N3O2/c1-3-10-17-14-8-6-5-7-13(14)12-16-18-15(19-21-16)9-11-20-4-2/h13-14,17H,3-12H2,1-2H3. The van der Waals surface area contributed by atoms with Gasteiger partial charge in [0.05, 0.1) is 6.61 Å². The molecule has 0 spiro atoms. The Labute approximate surface area is 127 Å². The van der Waals surface area contributed by atoms with E-state index in [1.807, 2.05) is 6.92 Å². The van der Waals surface area contributed by atoms with E-state index in [1.54, 1.807) is 0 Å². The summed E-state index contributed by atoms with van der Waals surface area (Å²) in [7, 11) is 0. The highest BCUT2D eigenvalue weighted by molar-refractivity contribution is 4.92. The maximum absolute atomic E-state index is 5.41. The largest absolute Gasteiger partial charge is 0.381 e. The highest BCUT2D eigenvalue weighted by Gasteiger charge is 2.26. The molecule has 0 bridgehead atoms. The van der Waals surface area contributed by atoms with Crippen LogP contribution in [0.4, 0.5) is 0 Å². The number of nitrogens with zero attached hydrogens (tertiary/aromatic N) is 2. The third-order valence-electron chi connectivity index (χ3n) is 4.19. The third kappa shape index (κ3) is 5.40. The molecule has 1 aliphatic carbocycles. The van der Waals surface area contributed by atoms with Crippen molar-refractivity contribution in [3.63, 3.8) is 0 Å². The van der Waals surface area contributed by atoms with Gasteiger partial charge in [-0.05, 0) is 38.6 Å². The van der Waals surface area contributed by atoms with E-state index in [1.165, 1.54) is 32.1 Å². The first-order chi connectivity index (χ1) is 10.3. The lowest BCUT2D eigenvalue weighted by Gasteiger charge is -2.31. The van der Waals surface area contributed by atoms with E-state index in [-0.39, 0.29) is 0 Å². The van der Waals surface area contributed by atoms with Gasteiger partial charge in [-0.2, -0.15) is 4.98 Å². The first kappa shape index (κ1) is 16.4. The van der Waals surface area contributed by atoms with E-state index in [4.69, 9.17) is 9.26 Å². The second-order valence-electron chi connectivity index (χ2n) is 5.86. The number of hydrogen-bond donors (Lipinski definition) is 1. The zero-order valence-corrected chi connectivity index (χ0v) is 13.4. The molecule has 5 nitrogen and oxygen atoms in total. The van der Waals surface area contributed by atoms with Crippen LogP contribution in [-0.4, -0.2) is 35.9 Å². The molecule has 21 heavy (non-hydrogen) atoms.